The molecule has 2 aromatic rings. The summed E-state index contributed by atoms with van der Waals surface area (Å²) in [6, 6.07) is 6.76. The molecule has 0 atom stereocenters. The van der Waals surface area contributed by atoms with Gasteiger partial charge in [0.15, 0.2) is 11.7 Å². The molecule has 1 amide bonds. The number of aromatic amines is 1. The van der Waals surface area contributed by atoms with Gasteiger partial charge < -0.3 is 9.73 Å². The van der Waals surface area contributed by atoms with Gasteiger partial charge in [-0.1, -0.05) is 6.07 Å². The highest BCUT2D eigenvalue weighted by atomic mass is 16.4. The summed E-state index contributed by atoms with van der Waals surface area (Å²) < 4.78 is 4.91. The number of amides is 1. The van der Waals surface area contributed by atoms with Gasteiger partial charge in [-0.25, -0.2) is 4.79 Å². The fraction of sp³-hybridized carbons (Fsp3) is 0.182. The average Bonchev–Trinajstić information content (AvgIpc) is 2.68. The Kier molecular flexibility index (Phi) is 2.92. The lowest BCUT2D eigenvalue weighted by Crippen LogP contribution is -2.23. The minimum Gasteiger partial charge on any atom is -0.408 e. The number of carbonyl (C=O) groups excluding carboxylic acids is 1. The Morgan fingerprint density at radius 2 is 2.35 bits per heavy atom. The predicted molar refractivity (Wildman–Crippen MR) is 59.2 cm³/mol. The van der Waals surface area contributed by atoms with E-state index >= 15 is 0 Å². The topological polar surface area (TPSA) is 98.9 Å². The van der Waals surface area contributed by atoms with E-state index < -0.39 is 11.7 Å². The number of fused-ring (bicyclic) bond motifs is 1. The number of nitrogens with one attached hydrogen (secondary N) is 2. The lowest BCUT2D eigenvalue weighted by molar-refractivity contribution is -0.115. The molecule has 2 N–H and O–H groups in total. The van der Waals surface area contributed by atoms with Crippen LogP contribution in [0.15, 0.2) is 27.4 Å². The van der Waals surface area contributed by atoms with Crippen molar-refractivity contribution in [2.75, 3.05) is 6.54 Å². The van der Waals surface area contributed by atoms with E-state index in [2.05, 4.69) is 10.3 Å². The van der Waals surface area contributed by atoms with Crippen LogP contribution in [0.1, 0.15) is 5.56 Å². The van der Waals surface area contributed by atoms with Crippen LogP contribution in [-0.4, -0.2) is 17.4 Å². The Balaban J connectivity index is 2.07. The van der Waals surface area contributed by atoms with Gasteiger partial charge in [-0.15, -0.1) is 0 Å². The van der Waals surface area contributed by atoms with Crippen molar-refractivity contribution in [2.24, 2.45) is 0 Å². The molecule has 1 aromatic heterocycles. The first-order valence-corrected chi connectivity index (χ1v) is 4.99. The molecule has 0 radical (unpaired) electrons. The summed E-state index contributed by atoms with van der Waals surface area (Å²) in [5.41, 5.74) is 2.04. The van der Waals surface area contributed by atoms with Crippen molar-refractivity contribution >= 4 is 17.0 Å². The van der Waals surface area contributed by atoms with Gasteiger partial charge >= 0.3 is 11.7 Å². The molecule has 0 aliphatic heterocycles. The summed E-state index contributed by atoms with van der Waals surface area (Å²) in [5, 5.41) is 10.7. The second-order valence-corrected chi connectivity index (χ2v) is 3.46. The fourth-order valence-corrected chi connectivity index (χ4v) is 1.51. The number of H-pyrrole nitrogens is 1. The normalized spacial score (nSPS) is 10.1. The van der Waals surface area contributed by atoms with E-state index in [9.17, 15) is 9.59 Å². The van der Waals surface area contributed by atoms with Gasteiger partial charge in [0, 0.05) is 6.54 Å². The predicted octanol–water partition coefficient (Wildman–Crippen LogP) is 0.303. The fourth-order valence-electron chi connectivity index (χ4n) is 1.51. The van der Waals surface area contributed by atoms with Crippen molar-refractivity contribution in [3.63, 3.8) is 0 Å². The third kappa shape index (κ3) is 2.52. The first kappa shape index (κ1) is 11.0. The molecule has 0 aliphatic rings. The molecule has 0 spiro atoms. The van der Waals surface area contributed by atoms with Crippen LogP contribution in [-0.2, 0) is 11.2 Å². The first-order chi connectivity index (χ1) is 8.19. The number of aromatic nitrogens is 1. The minimum atomic E-state index is -0.653. The van der Waals surface area contributed by atoms with E-state index in [0.29, 0.717) is 24.1 Å². The Morgan fingerprint density at radius 3 is 3.12 bits per heavy atom. The van der Waals surface area contributed by atoms with E-state index in [4.69, 9.17) is 9.68 Å². The number of rotatable bonds is 3. The molecule has 6 heteroatoms. The largest absolute Gasteiger partial charge is 0.417 e. The Labute approximate surface area is 95.9 Å². The van der Waals surface area contributed by atoms with Crippen molar-refractivity contribution in [3.8, 4) is 6.07 Å². The van der Waals surface area contributed by atoms with Gasteiger partial charge in [0.25, 0.3) is 0 Å². The number of hydrogen-bond acceptors (Lipinski definition) is 4. The van der Waals surface area contributed by atoms with Crippen LogP contribution in [0.2, 0.25) is 0 Å². The Morgan fingerprint density at radius 1 is 1.53 bits per heavy atom. The molecule has 1 aromatic carbocycles. The van der Waals surface area contributed by atoms with Gasteiger partial charge in [-0.05, 0) is 24.1 Å². The number of nitriles is 1. The molecule has 1 heterocycles. The van der Waals surface area contributed by atoms with Crippen molar-refractivity contribution in [2.45, 2.75) is 6.42 Å². The van der Waals surface area contributed by atoms with E-state index in [1.807, 2.05) is 6.07 Å². The second-order valence-electron chi connectivity index (χ2n) is 3.46. The number of carbonyl (C=O) groups is 1. The zero-order valence-electron chi connectivity index (χ0n) is 8.82. The summed E-state index contributed by atoms with van der Waals surface area (Å²) in [6.07, 6.45) is 0.568. The van der Waals surface area contributed by atoms with Crippen LogP contribution in [0.4, 0.5) is 0 Å². The highest BCUT2D eigenvalue weighted by molar-refractivity contribution is 5.91. The molecule has 2 rings (SSSR count). The third-order valence-electron chi connectivity index (χ3n) is 2.29. The minimum absolute atomic E-state index is 0.368. The van der Waals surface area contributed by atoms with E-state index in [1.54, 1.807) is 12.1 Å². The Bertz CT molecular complexity index is 648. The lowest BCUT2D eigenvalue weighted by atomic mass is 10.1. The monoisotopic (exact) mass is 231 g/mol. The van der Waals surface area contributed by atoms with Gasteiger partial charge in [0.1, 0.15) is 0 Å². The summed E-state index contributed by atoms with van der Waals surface area (Å²) >= 11 is 0. The average molecular weight is 231 g/mol. The molecule has 0 aliphatic carbocycles. The standard InChI is InChI=1S/C11H9N3O3/c12-6-10(15)13-4-3-7-1-2-8-9(5-7)17-11(16)14-8/h1-2,5H,3-4H2,(H,13,15)(H,14,16). The van der Waals surface area contributed by atoms with Crippen molar-refractivity contribution in [1.82, 2.24) is 10.3 Å². The molecular formula is C11H9N3O3. The van der Waals surface area contributed by atoms with Crippen LogP contribution in [0.5, 0.6) is 0 Å². The highest BCUT2D eigenvalue weighted by Gasteiger charge is 2.02. The van der Waals surface area contributed by atoms with Gasteiger partial charge in [-0.2, -0.15) is 5.26 Å². The van der Waals surface area contributed by atoms with Crippen LogP contribution in [0.25, 0.3) is 11.1 Å². The number of benzene rings is 1. The van der Waals surface area contributed by atoms with E-state index in [1.165, 1.54) is 6.07 Å². The molecule has 17 heavy (non-hydrogen) atoms. The summed E-state index contributed by atoms with van der Waals surface area (Å²) in [4.78, 5) is 24.1. The number of nitrogens with zero attached hydrogens (tertiary/aromatic N) is 1. The van der Waals surface area contributed by atoms with Crippen LogP contribution >= 0.6 is 0 Å². The van der Waals surface area contributed by atoms with Crippen LogP contribution in [0, 0.1) is 11.3 Å². The van der Waals surface area contributed by atoms with Gasteiger partial charge in [0.05, 0.1) is 5.52 Å². The third-order valence-corrected chi connectivity index (χ3v) is 2.29. The van der Waals surface area contributed by atoms with Gasteiger partial charge in [0.2, 0.25) is 0 Å². The van der Waals surface area contributed by atoms with Crippen molar-refractivity contribution in [3.05, 3.63) is 34.3 Å². The van der Waals surface area contributed by atoms with E-state index in [-0.39, 0.29) is 0 Å². The first-order valence-electron chi connectivity index (χ1n) is 4.99. The zero-order valence-corrected chi connectivity index (χ0v) is 8.82. The maximum absolute atomic E-state index is 10.9. The molecule has 0 saturated carbocycles. The van der Waals surface area contributed by atoms with Crippen LogP contribution in [0.3, 0.4) is 0 Å². The molecular weight excluding hydrogens is 222 g/mol. The molecule has 0 bridgehead atoms. The highest BCUT2D eigenvalue weighted by Crippen LogP contribution is 2.12. The van der Waals surface area contributed by atoms with Gasteiger partial charge in [-0.3, -0.25) is 9.78 Å². The number of hydrogen-bond donors (Lipinski definition) is 2. The maximum atomic E-state index is 10.9. The quantitative estimate of drug-likeness (QED) is 0.742. The second kappa shape index (κ2) is 4.53. The van der Waals surface area contributed by atoms with Crippen molar-refractivity contribution < 1.29 is 9.21 Å². The zero-order chi connectivity index (χ0) is 12.3. The maximum Gasteiger partial charge on any atom is 0.417 e. The smallest absolute Gasteiger partial charge is 0.408 e. The Hall–Kier alpha value is -2.55. The summed E-state index contributed by atoms with van der Waals surface area (Å²) in [6.45, 7) is 0.368. The molecule has 6 nitrogen and oxygen atoms in total. The summed E-state index contributed by atoms with van der Waals surface area (Å²) in [5.74, 6) is -1.14. The number of oxazole rings is 1. The van der Waals surface area contributed by atoms with E-state index in [0.717, 1.165) is 5.56 Å². The van der Waals surface area contributed by atoms with Crippen LogP contribution < -0.4 is 11.1 Å². The molecule has 0 unspecified atom stereocenters. The molecule has 0 saturated heterocycles. The molecule has 86 valence electrons. The molecule has 0 fully saturated rings. The lowest BCUT2D eigenvalue weighted by Gasteiger charge is -2.00. The SMILES string of the molecule is N#CC(=O)NCCc1ccc2[nH]c(=O)oc2c1. The summed E-state index contributed by atoms with van der Waals surface area (Å²) in [7, 11) is 0. The van der Waals surface area contributed by atoms with Crippen molar-refractivity contribution in [1.29, 1.82) is 5.26 Å².